The van der Waals surface area contributed by atoms with Crippen LogP contribution in [0.15, 0.2) is 27.4 Å². The molecule has 1 aromatic rings. The number of hydrogen-bond donors (Lipinski definition) is 1. The molecule has 0 spiro atoms. The van der Waals surface area contributed by atoms with E-state index in [4.69, 9.17) is 5.21 Å². The number of rotatable bonds is 0. The van der Waals surface area contributed by atoms with Crippen molar-refractivity contribution in [1.29, 1.82) is 0 Å². The lowest BCUT2D eigenvalue weighted by Gasteiger charge is -1.86. The van der Waals surface area contributed by atoms with Gasteiger partial charge in [0.25, 0.3) is 9.21 Å². The van der Waals surface area contributed by atoms with Gasteiger partial charge in [0.15, 0.2) is 0 Å². The van der Waals surface area contributed by atoms with Crippen molar-refractivity contribution in [3.63, 3.8) is 0 Å². The van der Waals surface area contributed by atoms with Gasteiger partial charge in [-0.1, -0.05) is 0 Å². The number of pyridine rings is 1. The highest BCUT2D eigenvalue weighted by molar-refractivity contribution is 9.11. The van der Waals surface area contributed by atoms with Crippen molar-refractivity contribution in [2.45, 2.75) is 0 Å². The number of hydrogen-bond acceptors (Lipinski definition) is 1. The highest BCUT2D eigenvalue weighted by Gasteiger charge is 2.08. The lowest BCUT2D eigenvalue weighted by Crippen LogP contribution is -2.32. The molecular weight excluding hydrogens is 250 g/mol. The molecular formula is C5H4Br2NO+. The Morgan fingerprint density at radius 1 is 1.22 bits per heavy atom. The molecule has 9 heavy (non-hydrogen) atoms. The van der Waals surface area contributed by atoms with Crippen LogP contribution in [0.25, 0.3) is 0 Å². The molecule has 1 aromatic heterocycles. The Labute approximate surface area is 69.3 Å². The molecule has 4 heteroatoms. The van der Waals surface area contributed by atoms with Gasteiger partial charge in [-0.25, -0.2) is 0 Å². The van der Waals surface area contributed by atoms with Gasteiger partial charge in [0.1, 0.15) is 0 Å². The second-order valence-electron chi connectivity index (χ2n) is 1.48. The van der Waals surface area contributed by atoms with Crippen LogP contribution in [0.3, 0.4) is 0 Å². The molecule has 0 saturated carbocycles. The number of nitrogens with zero attached hydrogens (tertiary/aromatic N) is 1. The highest BCUT2D eigenvalue weighted by Crippen LogP contribution is 2.07. The Balaban J connectivity index is 3.25. The summed E-state index contributed by atoms with van der Waals surface area (Å²) in [6.45, 7) is 0. The van der Waals surface area contributed by atoms with E-state index >= 15 is 0 Å². The summed E-state index contributed by atoms with van der Waals surface area (Å²) in [5.41, 5.74) is 0. The minimum atomic E-state index is 0.622. The Kier molecular flexibility index (Phi) is 2.08. The third-order valence-corrected chi connectivity index (χ3v) is 2.07. The molecule has 0 aliphatic rings. The van der Waals surface area contributed by atoms with Gasteiger partial charge in [-0.3, -0.25) is 5.21 Å². The van der Waals surface area contributed by atoms with E-state index in [0.717, 1.165) is 4.73 Å². The van der Waals surface area contributed by atoms with Crippen molar-refractivity contribution in [1.82, 2.24) is 0 Å². The van der Waals surface area contributed by atoms with E-state index in [1.807, 2.05) is 6.07 Å². The van der Waals surface area contributed by atoms with Crippen LogP contribution in [0.5, 0.6) is 0 Å². The summed E-state index contributed by atoms with van der Waals surface area (Å²) < 4.78 is 2.24. The van der Waals surface area contributed by atoms with E-state index in [-0.39, 0.29) is 0 Å². The first kappa shape index (κ1) is 7.02. The standard InChI is InChI=1S/C5H4Br2NO/c6-4-2-1-3-5(7)8(4)9/h1-3,9H/q+1. The average Bonchev–Trinajstić information content (AvgIpc) is 1.83. The van der Waals surface area contributed by atoms with E-state index in [9.17, 15) is 0 Å². The van der Waals surface area contributed by atoms with Gasteiger partial charge < -0.3 is 0 Å². The summed E-state index contributed by atoms with van der Waals surface area (Å²) in [5.74, 6) is 0. The van der Waals surface area contributed by atoms with Crippen LogP contribution in [0.4, 0.5) is 0 Å². The lowest BCUT2D eigenvalue weighted by molar-refractivity contribution is -0.921. The minimum absolute atomic E-state index is 0.622. The molecule has 1 rings (SSSR count). The van der Waals surface area contributed by atoms with Crippen molar-refractivity contribution in [2.24, 2.45) is 0 Å². The zero-order valence-corrected chi connectivity index (χ0v) is 7.55. The first-order chi connectivity index (χ1) is 4.22. The molecule has 0 unspecified atom stereocenters. The minimum Gasteiger partial charge on any atom is -0.283 e. The average molecular weight is 254 g/mol. The zero-order chi connectivity index (χ0) is 6.85. The summed E-state index contributed by atoms with van der Waals surface area (Å²) in [4.78, 5) is 0. The largest absolute Gasteiger partial charge is 0.300 e. The second-order valence-corrected chi connectivity index (χ2v) is 3.11. The highest BCUT2D eigenvalue weighted by atomic mass is 79.9. The van der Waals surface area contributed by atoms with E-state index < -0.39 is 0 Å². The van der Waals surface area contributed by atoms with Gasteiger partial charge in [0, 0.05) is 48.7 Å². The third kappa shape index (κ3) is 1.43. The summed E-state index contributed by atoms with van der Waals surface area (Å²) >= 11 is 6.26. The molecule has 0 fully saturated rings. The van der Waals surface area contributed by atoms with E-state index in [2.05, 4.69) is 31.9 Å². The van der Waals surface area contributed by atoms with Crippen LogP contribution in [0, 0.1) is 0 Å². The lowest BCUT2D eigenvalue weighted by atomic mass is 10.5. The monoisotopic (exact) mass is 252 g/mol. The SMILES string of the molecule is O[n+]1c(Br)cccc1Br. The van der Waals surface area contributed by atoms with Crippen LogP contribution in [-0.2, 0) is 0 Å². The van der Waals surface area contributed by atoms with Gasteiger partial charge in [0.05, 0.1) is 0 Å². The molecule has 0 aromatic carbocycles. The predicted octanol–water partition coefficient (Wildman–Crippen LogP) is 1.74. The van der Waals surface area contributed by atoms with Gasteiger partial charge in [-0.15, -0.1) is 0 Å². The smallest absolute Gasteiger partial charge is 0.283 e. The van der Waals surface area contributed by atoms with Crippen LogP contribution in [0.1, 0.15) is 0 Å². The maximum atomic E-state index is 9.03. The first-order valence-electron chi connectivity index (χ1n) is 2.27. The summed E-state index contributed by atoms with van der Waals surface area (Å²) in [6, 6.07) is 5.30. The Morgan fingerprint density at radius 2 is 1.67 bits per heavy atom. The maximum absolute atomic E-state index is 9.03. The fourth-order valence-electron chi connectivity index (χ4n) is 0.450. The summed E-state index contributed by atoms with van der Waals surface area (Å²) in [6.07, 6.45) is 0. The Morgan fingerprint density at radius 3 is 2.00 bits per heavy atom. The van der Waals surface area contributed by atoms with Gasteiger partial charge in [0.2, 0.25) is 0 Å². The van der Waals surface area contributed by atoms with E-state index in [1.165, 1.54) is 0 Å². The van der Waals surface area contributed by atoms with Crippen molar-refractivity contribution in [3.05, 3.63) is 27.4 Å². The van der Waals surface area contributed by atoms with Gasteiger partial charge >= 0.3 is 0 Å². The molecule has 0 atom stereocenters. The van der Waals surface area contributed by atoms with Crippen LogP contribution in [-0.4, -0.2) is 5.21 Å². The summed E-state index contributed by atoms with van der Waals surface area (Å²) in [5, 5.41) is 9.03. The Hall–Kier alpha value is -0.0900. The molecule has 2 nitrogen and oxygen atoms in total. The van der Waals surface area contributed by atoms with Gasteiger partial charge in [-0.2, -0.15) is 0 Å². The van der Waals surface area contributed by atoms with E-state index in [0.29, 0.717) is 9.21 Å². The molecule has 0 amide bonds. The molecule has 0 aliphatic heterocycles. The third-order valence-electron chi connectivity index (χ3n) is 0.872. The van der Waals surface area contributed by atoms with Crippen LogP contribution >= 0.6 is 31.9 Å². The second kappa shape index (κ2) is 2.66. The summed E-state index contributed by atoms with van der Waals surface area (Å²) in [7, 11) is 0. The van der Waals surface area contributed by atoms with Crippen molar-refractivity contribution in [2.75, 3.05) is 0 Å². The number of halogens is 2. The van der Waals surface area contributed by atoms with Crippen molar-refractivity contribution in [3.8, 4) is 0 Å². The Bertz CT molecular complexity index is 206. The zero-order valence-electron chi connectivity index (χ0n) is 4.38. The fraction of sp³-hybridized carbons (Fsp3) is 0. The van der Waals surface area contributed by atoms with Gasteiger partial charge in [-0.05, 0) is 6.07 Å². The quantitative estimate of drug-likeness (QED) is 0.425. The molecule has 1 N–H and O–H groups in total. The first-order valence-corrected chi connectivity index (χ1v) is 3.86. The maximum Gasteiger partial charge on any atom is 0.300 e. The molecule has 0 radical (unpaired) electrons. The van der Waals surface area contributed by atoms with Crippen molar-refractivity contribution >= 4 is 31.9 Å². The van der Waals surface area contributed by atoms with Crippen LogP contribution < -0.4 is 4.73 Å². The fourth-order valence-corrected chi connectivity index (χ4v) is 1.38. The molecule has 1 heterocycles. The van der Waals surface area contributed by atoms with Crippen LogP contribution in [0.2, 0.25) is 0 Å². The normalized spacial score (nSPS) is 9.56. The topological polar surface area (TPSA) is 24.1 Å². The molecule has 0 bridgehead atoms. The van der Waals surface area contributed by atoms with Crippen molar-refractivity contribution < 1.29 is 9.94 Å². The van der Waals surface area contributed by atoms with E-state index in [1.54, 1.807) is 12.1 Å². The number of aromatic nitrogens is 1. The molecule has 48 valence electrons. The molecule has 0 saturated heterocycles. The molecule has 0 aliphatic carbocycles. The predicted molar refractivity (Wildman–Crippen MR) is 39.2 cm³/mol.